The molecule has 2 N–H and O–H groups in total. The van der Waals surface area contributed by atoms with Crippen LogP contribution in [0.15, 0.2) is 18.2 Å². The summed E-state index contributed by atoms with van der Waals surface area (Å²) in [7, 11) is 0. The molecule has 1 aromatic rings. The SMILES string of the molecule is O=C(CC12CC3CC(CC(C3)C1)C2)NCC(=O)Nc1ccc(F)c(F)c1. The van der Waals surface area contributed by atoms with Gasteiger partial charge in [0, 0.05) is 18.2 Å². The molecule has 6 heteroatoms. The Labute approximate surface area is 151 Å². The highest BCUT2D eigenvalue weighted by Gasteiger charge is 2.51. The highest BCUT2D eigenvalue weighted by molar-refractivity contribution is 5.94. The first-order valence-electron chi connectivity index (χ1n) is 9.42. The van der Waals surface area contributed by atoms with Crippen molar-refractivity contribution in [2.75, 3.05) is 11.9 Å². The number of rotatable bonds is 5. The summed E-state index contributed by atoms with van der Waals surface area (Å²) in [5.74, 6) is -0.176. The minimum Gasteiger partial charge on any atom is -0.347 e. The Hall–Kier alpha value is -1.98. The van der Waals surface area contributed by atoms with Crippen molar-refractivity contribution in [3.05, 3.63) is 29.8 Å². The van der Waals surface area contributed by atoms with Crippen LogP contribution in [0.5, 0.6) is 0 Å². The van der Waals surface area contributed by atoms with Crippen LogP contribution in [0.25, 0.3) is 0 Å². The normalized spacial score (nSPS) is 31.7. The monoisotopic (exact) mass is 362 g/mol. The van der Waals surface area contributed by atoms with Crippen molar-refractivity contribution in [3.8, 4) is 0 Å². The quantitative estimate of drug-likeness (QED) is 0.840. The van der Waals surface area contributed by atoms with Gasteiger partial charge in [0.05, 0.1) is 6.54 Å². The molecule has 4 fully saturated rings. The van der Waals surface area contributed by atoms with E-state index in [1.807, 2.05) is 0 Å². The van der Waals surface area contributed by atoms with Crippen LogP contribution in [-0.2, 0) is 9.59 Å². The average molecular weight is 362 g/mol. The number of carbonyl (C=O) groups excluding carboxylic acids is 2. The van der Waals surface area contributed by atoms with Gasteiger partial charge in [-0.25, -0.2) is 8.78 Å². The summed E-state index contributed by atoms with van der Waals surface area (Å²) in [5.41, 5.74) is 0.305. The van der Waals surface area contributed by atoms with Crippen LogP contribution in [0.4, 0.5) is 14.5 Å². The molecule has 2 amide bonds. The van der Waals surface area contributed by atoms with E-state index in [1.165, 1.54) is 25.3 Å². The van der Waals surface area contributed by atoms with E-state index in [1.54, 1.807) is 0 Å². The number of halogens is 2. The Morgan fingerprint density at radius 1 is 0.962 bits per heavy atom. The molecular formula is C20H24F2N2O2. The highest BCUT2D eigenvalue weighted by atomic mass is 19.2. The summed E-state index contributed by atoms with van der Waals surface area (Å²) >= 11 is 0. The van der Waals surface area contributed by atoms with Crippen molar-refractivity contribution in [3.63, 3.8) is 0 Å². The minimum absolute atomic E-state index is 0.0904. The van der Waals surface area contributed by atoms with E-state index >= 15 is 0 Å². The maximum absolute atomic E-state index is 13.2. The van der Waals surface area contributed by atoms with Gasteiger partial charge in [0.2, 0.25) is 11.8 Å². The molecule has 4 aliphatic rings. The first-order valence-corrected chi connectivity index (χ1v) is 9.42. The number of anilines is 1. The fraction of sp³-hybridized carbons (Fsp3) is 0.600. The molecule has 4 bridgehead atoms. The van der Waals surface area contributed by atoms with Gasteiger partial charge in [0.1, 0.15) is 0 Å². The van der Waals surface area contributed by atoms with Crippen LogP contribution >= 0.6 is 0 Å². The number of nitrogens with one attached hydrogen (secondary N) is 2. The molecule has 140 valence electrons. The molecule has 0 unspecified atom stereocenters. The molecule has 26 heavy (non-hydrogen) atoms. The summed E-state index contributed by atoms with van der Waals surface area (Å²) in [4.78, 5) is 24.3. The Balaban J connectivity index is 1.27. The summed E-state index contributed by atoms with van der Waals surface area (Å²) in [6.45, 7) is -0.163. The Morgan fingerprint density at radius 2 is 1.58 bits per heavy atom. The van der Waals surface area contributed by atoms with Gasteiger partial charge in [-0.2, -0.15) is 0 Å². The molecule has 0 spiro atoms. The second-order valence-corrected chi connectivity index (χ2v) is 8.55. The van der Waals surface area contributed by atoms with Crippen LogP contribution < -0.4 is 10.6 Å². The van der Waals surface area contributed by atoms with E-state index in [4.69, 9.17) is 0 Å². The van der Waals surface area contributed by atoms with Crippen LogP contribution in [0.3, 0.4) is 0 Å². The fourth-order valence-corrected chi connectivity index (χ4v) is 5.87. The van der Waals surface area contributed by atoms with E-state index in [2.05, 4.69) is 10.6 Å². The van der Waals surface area contributed by atoms with Crippen molar-refractivity contribution in [1.82, 2.24) is 5.32 Å². The number of hydrogen-bond donors (Lipinski definition) is 2. The number of hydrogen-bond acceptors (Lipinski definition) is 2. The topological polar surface area (TPSA) is 58.2 Å². The second kappa shape index (κ2) is 6.63. The maximum Gasteiger partial charge on any atom is 0.243 e. The number of amides is 2. The van der Waals surface area contributed by atoms with Gasteiger partial charge in [0.25, 0.3) is 0 Å². The zero-order chi connectivity index (χ0) is 18.3. The lowest BCUT2D eigenvalue weighted by Gasteiger charge is -2.56. The molecule has 4 saturated carbocycles. The van der Waals surface area contributed by atoms with Gasteiger partial charge in [-0.15, -0.1) is 0 Å². The predicted molar refractivity (Wildman–Crippen MR) is 93.2 cm³/mol. The molecule has 0 aromatic heterocycles. The number of benzene rings is 1. The maximum atomic E-state index is 13.2. The molecule has 0 saturated heterocycles. The summed E-state index contributed by atoms with van der Waals surface area (Å²) in [6, 6.07) is 3.16. The van der Waals surface area contributed by atoms with E-state index in [0.717, 1.165) is 49.1 Å². The van der Waals surface area contributed by atoms with Gasteiger partial charge in [-0.3, -0.25) is 9.59 Å². The standard InChI is InChI=1S/C20H24F2N2O2/c21-16-2-1-15(6-17(16)22)24-19(26)11-23-18(25)10-20-7-12-3-13(8-20)5-14(4-12)9-20/h1-2,6,12-14H,3-5,7-11H2,(H,23,25)(H,24,26). The fourth-order valence-electron chi connectivity index (χ4n) is 5.87. The van der Waals surface area contributed by atoms with Crippen LogP contribution in [-0.4, -0.2) is 18.4 Å². The van der Waals surface area contributed by atoms with Gasteiger partial charge in [-0.1, -0.05) is 0 Å². The Kier molecular flexibility index (Phi) is 4.45. The van der Waals surface area contributed by atoms with Crippen LogP contribution in [0.1, 0.15) is 44.9 Å². The molecule has 0 heterocycles. The molecule has 4 aliphatic carbocycles. The molecule has 0 atom stereocenters. The molecule has 0 aliphatic heterocycles. The first-order chi connectivity index (χ1) is 12.4. The summed E-state index contributed by atoms with van der Waals surface area (Å²) < 4.78 is 26.1. The van der Waals surface area contributed by atoms with Crippen molar-refractivity contribution in [2.24, 2.45) is 23.2 Å². The highest BCUT2D eigenvalue weighted by Crippen LogP contribution is 2.61. The lowest BCUT2D eigenvalue weighted by atomic mass is 9.49. The molecule has 1 aromatic carbocycles. The zero-order valence-corrected chi connectivity index (χ0v) is 14.7. The Morgan fingerprint density at radius 3 is 2.15 bits per heavy atom. The van der Waals surface area contributed by atoms with Gasteiger partial charge in [0.15, 0.2) is 11.6 Å². The second-order valence-electron chi connectivity index (χ2n) is 8.55. The van der Waals surface area contributed by atoms with E-state index in [-0.39, 0.29) is 23.6 Å². The third-order valence-electron chi connectivity index (χ3n) is 6.35. The van der Waals surface area contributed by atoms with Gasteiger partial charge >= 0.3 is 0 Å². The van der Waals surface area contributed by atoms with Gasteiger partial charge in [-0.05, 0) is 73.8 Å². The Bertz CT molecular complexity index is 699. The molecule has 0 radical (unpaired) electrons. The van der Waals surface area contributed by atoms with Crippen molar-refractivity contribution >= 4 is 17.5 Å². The van der Waals surface area contributed by atoms with Crippen LogP contribution in [0.2, 0.25) is 0 Å². The molecular weight excluding hydrogens is 338 g/mol. The molecule has 5 rings (SSSR count). The minimum atomic E-state index is -1.02. The predicted octanol–water partition coefficient (Wildman–Crippen LogP) is 3.63. The van der Waals surface area contributed by atoms with E-state index in [9.17, 15) is 18.4 Å². The third kappa shape index (κ3) is 3.60. The van der Waals surface area contributed by atoms with Crippen LogP contribution in [0, 0.1) is 34.8 Å². The first kappa shape index (κ1) is 17.4. The average Bonchev–Trinajstić information content (AvgIpc) is 2.55. The number of carbonyl (C=O) groups is 2. The summed E-state index contributed by atoms with van der Waals surface area (Å²) in [6.07, 6.45) is 7.93. The van der Waals surface area contributed by atoms with Crippen molar-refractivity contribution < 1.29 is 18.4 Å². The van der Waals surface area contributed by atoms with E-state index < -0.39 is 17.5 Å². The summed E-state index contributed by atoms with van der Waals surface area (Å²) in [5, 5.41) is 5.15. The lowest BCUT2D eigenvalue weighted by molar-refractivity contribution is -0.131. The van der Waals surface area contributed by atoms with E-state index in [0.29, 0.717) is 6.42 Å². The molecule has 4 nitrogen and oxygen atoms in total. The van der Waals surface area contributed by atoms with Gasteiger partial charge < -0.3 is 10.6 Å². The van der Waals surface area contributed by atoms with Crippen molar-refractivity contribution in [1.29, 1.82) is 0 Å². The largest absolute Gasteiger partial charge is 0.347 e. The zero-order valence-electron chi connectivity index (χ0n) is 14.7. The third-order valence-corrected chi connectivity index (χ3v) is 6.35. The smallest absolute Gasteiger partial charge is 0.243 e. The van der Waals surface area contributed by atoms with Crippen molar-refractivity contribution in [2.45, 2.75) is 44.9 Å². The lowest BCUT2D eigenvalue weighted by Crippen LogP contribution is -2.48.